The molecular formula is C15H22N4S. The smallest absolute Gasteiger partial charge is 0.130 e. The number of anilines is 1. The van der Waals surface area contributed by atoms with Crippen LogP contribution < -0.4 is 5.73 Å². The van der Waals surface area contributed by atoms with E-state index in [-0.39, 0.29) is 5.41 Å². The van der Waals surface area contributed by atoms with Crippen LogP contribution in [0.4, 0.5) is 5.82 Å². The van der Waals surface area contributed by atoms with E-state index < -0.39 is 0 Å². The van der Waals surface area contributed by atoms with E-state index in [1.165, 1.54) is 0 Å². The highest BCUT2D eigenvalue weighted by atomic mass is 32.1. The Balaban J connectivity index is 2.30. The van der Waals surface area contributed by atoms with E-state index in [0.29, 0.717) is 5.82 Å². The molecule has 0 unspecified atom stereocenters. The van der Waals surface area contributed by atoms with E-state index in [0.717, 1.165) is 40.6 Å². The van der Waals surface area contributed by atoms with Gasteiger partial charge in [0.1, 0.15) is 11.6 Å². The van der Waals surface area contributed by atoms with Crippen LogP contribution in [0.15, 0.2) is 5.38 Å². The first-order chi connectivity index (χ1) is 9.31. The molecule has 0 aliphatic rings. The molecule has 0 saturated carbocycles. The third-order valence-electron chi connectivity index (χ3n) is 3.29. The van der Waals surface area contributed by atoms with Gasteiger partial charge in [-0.2, -0.15) is 0 Å². The predicted octanol–water partition coefficient (Wildman–Crippen LogP) is 3.27. The van der Waals surface area contributed by atoms with Crippen LogP contribution in [0, 0.1) is 6.92 Å². The molecule has 0 radical (unpaired) electrons. The average Bonchev–Trinajstić information content (AvgIpc) is 2.83. The van der Waals surface area contributed by atoms with Gasteiger partial charge in [0.25, 0.3) is 0 Å². The lowest BCUT2D eigenvalue weighted by atomic mass is 9.93. The summed E-state index contributed by atoms with van der Waals surface area (Å²) in [5.41, 5.74) is 9.13. The Bertz CT molecular complexity index is 611. The Morgan fingerprint density at radius 3 is 2.45 bits per heavy atom. The Hall–Kier alpha value is -1.49. The topological polar surface area (TPSA) is 64.7 Å². The maximum Gasteiger partial charge on any atom is 0.130 e. The van der Waals surface area contributed by atoms with Gasteiger partial charge >= 0.3 is 0 Å². The van der Waals surface area contributed by atoms with Crippen LogP contribution in [0.25, 0.3) is 0 Å². The molecule has 0 fully saturated rings. The summed E-state index contributed by atoms with van der Waals surface area (Å²) in [6.07, 6.45) is 1.52. The molecule has 2 aromatic rings. The van der Waals surface area contributed by atoms with Crippen molar-refractivity contribution in [2.75, 3.05) is 5.73 Å². The van der Waals surface area contributed by atoms with Crippen molar-refractivity contribution in [3.63, 3.8) is 0 Å². The number of thiazole rings is 1. The average molecular weight is 290 g/mol. The quantitative estimate of drug-likeness (QED) is 0.942. The molecule has 2 N–H and O–H groups in total. The van der Waals surface area contributed by atoms with Gasteiger partial charge in [0.05, 0.1) is 16.4 Å². The molecule has 0 aromatic carbocycles. The zero-order valence-electron chi connectivity index (χ0n) is 12.8. The molecule has 0 spiro atoms. The number of nitrogens with two attached hydrogens (primary N) is 1. The van der Waals surface area contributed by atoms with E-state index in [4.69, 9.17) is 10.7 Å². The lowest BCUT2D eigenvalue weighted by Crippen LogP contribution is -2.12. The molecule has 0 amide bonds. The zero-order chi connectivity index (χ0) is 14.9. The zero-order valence-corrected chi connectivity index (χ0v) is 13.6. The van der Waals surface area contributed by atoms with Crippen LogP contribution >= 0.6 is 11.3 Å². The van der Waals surface area contributed by atoms with Crippen LogP contribution in [0.1, 0.15) is 55.5 Å². The number of hydrogen-bond acceptors (Lipinski definition) is 5. The fraction of sp³-hybridized carbons (Fsp3) is 0.533. The fourth-order valence-electron chi connectivity index (χ4n) is 1.85. The van der Waals surface area contributed by atoms with E-state index in [1.54, 1.807) is 11.3 Å². The van der Waals surface area contributed by atoms with E-state index in [2.05, 4.69) is 36.1 Å². The largest absolute Gasteiger partial charge is 0.383 e. The third-order valence-corrected chi connectivity index (χ3v) is 4.13. The van der Waals surface area contributed by atoms with Gasteiger partial charge in [-0.25, -0.2) is 15.0 Å². The lowest BCUT2D eigenvalue weighted by molar-refractivity contribution is 0.571. The molecule has 0 aliphatic heterocycles. The van der Waals surface area contributed by atoms with Crippen molar-refractivity contribution in [1.29, 1.82) is 0 Å². The normalized spacial score (nSPS) is 11.8. The minimum Gasteiger partial charge on any atom is -0.383 e. The molecule has 0 bridgehead atoms. The molecule has 4 nitrogen and oxygen atoms in total. The second-order valence-electron chi connectivity index (χ2n) is 6.00. The Morgan fingerprint density at radius 1 is 1.20 bits per heavy atom. The summed E-state index contributed by atoms with van der Waals surface area (Å²) in [4.78, 5) is 13.6. The van der Waals surface area contributed by atoms with Crippen molar-refractivity contribution in [2.24, 2.45) is 0 Å². The van der Waals surface area contributed by atoms with Crippen molar-refractivity contribution >= 4 is 17.2 Å². The van der Waals surface area contributed by atoms with Gasteiger partial charge < -0.3 is 5.73 Å². The maximum atomic E-state index is 5.96. The number of aromatic nitrogens is 3. The maximum absolute atomic E-state index is 5.96. The molecule has 2 heterocycles. The summed E-state index contributed by atoms with van der Waals surface area (Å²) in [5, 5.41) is 3.22. The second-order valence-corrected chi connectivity index (χ2v) is 6.95. The molecule has 0 atom stereocenters. The van der Waals surface area contributed by atoms with Gasteiger partial charge in [-0.3, -0.25) is 0 Å². The van der Waals surface area contributed by atoms with Gasteiger partial charge in [-0.1, -0.05) is 27.7 Å². The number of nitrogen functional groups attached to an aromatic ring is 1. The van der Waals surface area contributed by atoms with Crippen LogP contribution in [0.5, 0.6) is 0 Å². The highest BCUT2D eigenvalue weighted by Crippen LogP contribution is 2.25. The van der Waals surface area contributed by atoms with Gasteiger partial charge in [0.2, 0.25) is 0 Å². The minimum absolute atomic E-state index is 0.0864. The monoisotopic (exact) mass is 290 g/mol. The third kappa shape index (κ3) is 3.15. The Kier molecular flexibility index (Phi) is 4.09. The highest BCUT2D eigenvalue weighted by molar-refractivity contribution is 7.09. The minimum atomic E-state index is 0.0864. The van der Waals surface area contributed by atoms with Gasteiger partial charge in [-0.15, -0.1) is 11.3 Å². The summed E-state index contributed by atoms with van der Waals surface area (Å²) in [6, 6.07) is 0. The van der Waals surface area contributed by atoms with Crippen molar-refractivity contribution in [1.82, 2.24) is 15.0 Å². The first-order valence-corrected chi connectivity index (χ1v) is 7.76. The fourth-order valence-corrected chi connectivity index (χ4v) is 2.87. The standard InChI is InChI=1S/C15H22N4S/c1-6-12-17-10(9(2)14(16)19-12)7-13-18-11(8-20-13)15(3,4)5/h8H,6-7H2,1-5H3,(H2,16,17,19). The van der Waals surface area contributed by atoms with Crippen molar-refractivity contribution in [2.45, 2.75) is 52.9 Å². The van der Waals surface area contributed by atoms with Crippen molar-refractivity contribution in [3.8, 4) is 0 Å². The molecular weight excluding hydrogens is 268 g/mol. The summed E-state index contributed by atoms with van der Waals surface area (Å²) >= 11 is 1.69. The van der Waals surface area contributed by atoms with Crippen molar-refractivity contribution < 1.29 is 0 Å². The molecule has 2 rings (SSSR count). The molecule has 2 aromatic heterocycles. The summed E-state index contributed by atoms with van der Waals surface area (Å²) < 4.78 is 0. The lowest BCUT2D eigenvalue weighted by Gasteiger charge is -2.14. The van der Waals surface area contributed by atoms with Crippen LogP contribution in [0.2, 0.25) is 0 Å². The summed E-state index contributed by atoms with van der Waals surface area (Å²) in [5.74, 6) is 1.38. The second kappa shape index (κ2) is 5.48. The number of rotatable bonds is 3. The molecule has 0 aliphatic carbocycles. The van der Waals surface area contributed by atoms with Gasteiger partial charge in [0, 0.05) is 29.2 Å². The first-order valence-electron chi connectivity index (χ1n) is 6.88. The molecule has 5 heteroatoms. The van der Waals surface area contributed by atoms with Crippen LogP contribution in [-0.4, -0.2) is 15.0 Å². The number of aryl methyl sites for hydroxylation is 1. The predicted molar refractivity (Wildman–Crippen MR) is 84.2 cm³/mol. The Morgan fingerprint density at radius 2 is 1.90 bits per heavy atom. The first kappa shape index (κ1) is 14.9. The van der Waals surface area contributed by atoms with Crippen LogP contribution in [-0.2, 0) is 18.3 Å². The highest BCUT2D eigenvalue weighted by Gasteiger charge is 2.18. The van der Waals surface area contributed by atoms with E-state index >= 15 is 0 Å². The summed E-state index contributed by atoms with van der Waals surface area (Å²) in [6.45, 7) is 10.5. The SMILES string of the molecule is CCc1nc(N)c(C)c(Cc2nc(C(C)(C)C)cs2)n1. The number of hydrogen-bond donors (Lipinski definition) is 1. The van der Waals surface area contributed by atoms with E-state index in [1.807, 2.05) is 13.8 Å². The van der Waals surface area contributed by atoms with E-state index in [9.17, 15) is 0 Å². The number of nitrogens with zero attached hydrogens (tertiary/aromatic N) is 3. The molecule has 20 heavy (non-hydrogen) atoms. The van der Waals surface area contributed by atoms with Gasteiger partial charge in [-0.05, 0) is 6.92 Å². The van der Waals surface area contributed by atoms with Gasteiger partial charge in [0.15, 0.2) is 0 Å². The van der Waals surface area contributed by atoms with Crippen LogP contribution in [0.3, 0.4) is 0 Å². The molecule has 0 saturated heterocycles. The molecule has 108 valence electrons. The summed E-state index contributed by atoms with van der Waals surface area (Å²) in [7, 11) is 0. The Labute approximate surface area is 124 Å². The van der Waals surface area contributed by atoms with Crippen molar-refractivity contribution in [3.05, 3.63) is 33.2 Å².